The van der Waals surface area contributed by atoms with Gasteiger partial charge >= 0.3 is 0 Å². The summed E-state index contributed by atoms with van der Waals surface area (Å²) >= 11 is 1.69. The average Bonchev–Trinajstić information content (AvgIpc) is 2.89. The van der Waals surface area contributed by atoms with Crippen LogP contribution in [0, 0.1) is 0 Å². The van der Waals surface area contributed by atoms with Crippen LogP contribution >= 0.6 is 11.3 Å². The van der Waals surface area contributed by atoms with Gasteiger partial charge in [0.25, 0.3) is 0 Å². The van der Waals surface area contributed by atoms with Crippen LogP contribution in [0.2, 0.25) is 0 Å². The van der Waals surface area contributed by atoms with Crippen LogP contribution in [0.25, 0.3) is 0 Å². The highest BCUT2D eigenvalue weighted by Gasteiger charge is 2.20. The highest BCUT2D eigenvalue weighted by molar-refractivity contribution is 7.89. The van der Waals surface area contributed by atoms with Crippen molar-refractivity contribution < 1.29 is 8.42 Å². The first-order valence-electron chi connectivity index (χ1n) is 6.46. The molecule has 0 radical (unpaired) electrons. The molecule has 21 heavy (non-hydrogen) atoms. The molecule has 0 aliphatic carbocycles. The quantitative estimate of drug-likeness (QED) is 0.823. The van der Waals surface area contributed by atoms with Crippen molar-refractivity contribution in [3.05, 3.63) is 40.6 Å². The van der Waals surface area contributed by atoms with Gasteiger partial charge in [-0.1, -0.05) is 6.07 Å². The molecule has 0 spiro atoms. The van der Waals surface area contributed by atoms with Crippen LogP contribution in [-0.2, 0) is 16.4 Å². The second-order valence-electron chi connectivity index (χ2n) is 5.02. The summed E-state index contributed by atoms with van der Waals surface area (Å²) in [6.07, 6.45) is 0.836. The summed E-state index contributed by atoms with van der Waals surface area (Å²) in [5, 5.41) is 7.32. The molecule has 0 saturated carbocycles. The summed E-state index contributed by atoms with van der Waals surface area (Å²) in [6, 6.07) is 8.98. The molecule has 1 atom stereocenters. The minimum absolute atomic E-state index is 0.0584. The normalized spacial score (nSPS) is 13.1. The molecular weight excluding hydrogens is 306 g/mol. The van der Waals surface area contributed by atoms with Gasteiger partial charge in [-0.25, -0.2) is 13.6 Å². The zero-order valence-corrected chi connectivity index (χ0v) is 13.6. The van der Waals surface area contributed by atoms with E-state index in [1.807, 2.05) is 30.3 Å². The number of nitrogens with zero attached hydrogens (tertiary/aromatic N) is 1. The van der Waals surface area contributed by atoms with E-state index in [2.05, 4.69) is 6.07 Å². The monoisotopic (exact) mass is 325 g/mol. The van der Waals surface area contributed by atoms with Crippen LogP contribution in [-0.4, -0.2) is 21.5 Å². The van der Waals surface area contributed by atoms with E-state index in [-0.39, 0.29) is 10.9 Å². The molecule has 0 aliphatic heterocycles. The molecule has 2 aromatic rings. The number of nitrogens with two attached hydrogens (primary N) is 2. The van der Waals surface area contributed by atoms with Gasteiger partial charge in [-0.3, -0.25) is 0 Å². The molecule has 1 heterocycles. The summed E-state index contributed by atoms with van der Waals surface area (Å²) in [5.74, 6) is 0. The van der Waals surface area contributed by atoms with Crippen LogP contribution in [0.1, 0.15) is 11.8 Å². The maximum absolute atomic E-state index is 11.7. The van der Waals surface area contributed by atoms with E-state index in [9.17, 15) is 8.42 Å². The van der Waals surface area contributed by atoms with Gasteiger partial charge in [-0.05, 0) is 36.6 Å². The highest BCUT2D eigenvalue weighted by atomic mass is 32.2. The van der Waals surface area contributed by atoms with Crippen molar-refractivity contribution in [1.29, 1.82) is 0 Å². The van der Waals surface area contributed by atoms with Gasteiger partial charge in [-0.2, -0.15) is 0 Å². The Morgan fingerprint density at radius 2 is 2.05 bits per heavy atom. The smallest absolute Gasteiger partial charge is 0.240 e. The van der Waals surface area contributed by atoms with Crippen LogP contribution in [0.3, 0.4) is 0 Å². The van der Waals surface area contributed by atoms with E-state index >= 15 is 0 Å². The van der Waals surface area contributed by atoms with Crippen LogP contribution in [0.4, 0.5) is 11.4 Å². The molecule has 0 saturated heterocycles. The van der Waals surface area contributed by atoms with E-state index < -0.39 is 10.0 Å². The number of sulfonamides is 1. The first kappa shape index (κ1) is 15.8. The first-order valence-corrected chi connectivity index (χ1v) is 8.89. The van der Waals surface area contributed by atoms with E-state index in [1.54, 1.807) is 23.5 Å². The van der Waals surface area contributed by atoms with Crippen molar-refractivity contribution in [2.45, 2.75) is 24.3 Å². The molecule has 0 bridgehead atoms. The van der Waals surface area contributed by atoms with E-state index in [0.29, 0.717) is 11.4 Å². The number of nitrogen functional groups attached to an aromatic ring is 1. The Kier molecular flexibility index (Phi) is 4.55. The Balaban J connectivity index is 2.32. The van der Waals surface area contributed by atoms with Gasteiger partial charge in [0.1, 0.15) is 4.90 Å². The third-order valence-corrected chi connectivity index (χ3v) is 5.25. The number of rotatable bonds is 5. The fourth-order valence-corrected chi connectivity index (χ4v) is 3.77. The lowest BCUT2D eigenvalue weighted by molar-refractivity contribution is 0.596. The van der Waals surface area contributed by atoms with Gasteiger partial charge in [0, 0.05) is 30.1 Å². The third kappa shape index (κ3) is 3.75. The van der Waals surface area contributed by atoms with Crippen molar-refractivity contribution >= 4 is 32.7 Å². The molecular formula is C14H19N3O2S2. The molecule has 7 heteroatoms. The first-order chi connectivity index (χ1) is 9.79. The minimum atomic E-state index is -3.82. The Labute approximate surface area is 129 Å². The van der Waals surface area contributed by atoms with Crippen molar-refractivity contribution in [1.82, 2.24) is 0 Å². The summed E-state index contributed by atoms with van der Waals surface area (Å²) in [5.41, 5.74) is 6.62. The molecule has 1 aromatic heterocycles. The Morgan fingerprint density at radius 3 is 2.62 bits per heavy atom. The number of benzene rings is 1. The molecule has 0 aliphatic rings. The van der Waals surface area contributed by atoms with E-state index in [1.165, 1.54) is 10.9 Å². The topological polar surface area (TPSA) is 89.4 Å². The predicted octanol–water partition coefficient (Wildman–Crippen LogP) is 2.05. The molecule has 5 nitrogen and oxygen atoms in total. The van der Waals surface area contributed by atoms with Gasteiger partial charge in [0.2, 0.25) is 10.0 Å². The van der Waals surface area contributed by atoms with Gasteiger partial charge in [-0.15, -0.1) is 11.3 Å². The lowest BCUT2D eigenvalue weighted by Gasteiger charge is -2.28. The number of primary sulfonamides is 1. The van der Waals surface area contributed by atoms with Crippen LogP contribution < -0.4 is 15.8 Å². The fourth-order valence-electron chi connectivity index (χ4n) is 2.14. The summed E-state index contributed by atoms with van der Waals surface area (Å²) < 4.78 is 23.5. The number of anilines is 2. The molecule has 4 N–H and O–H groups in total. The second kappa shape index (κ2) is 6.05. The maximum atomic E-state index is 11.7. The summed E-state index contributed by atoms with van der Waals surface area (Å²) in [6.45, 7) is 2.04. The zero-order valence-electron chi connectivity index (χ0n) is 12.0. The molecule has 114 valence electrons. The van der Waals surface area contributed by atoms with E-state index in [4.69, 9.17) is 10.9 Å². The largest absolute Gasteiger partial charge is 0.399 e. The molecule has 1 unspecified atom stereocenters. The summed E-state index contributed by atoms with van der Waals surface area (Å²) in [7, 11) is -1.96. The fraction of sp³-hybridized carbons (Fsp3) is 0.286. The van der Waals surface area contributed by atoms with Crippen LogP contribution in [0.15, 0.2) is 40.6 Å². The Morgan fingerprint density at radius 1 is 1.33 bits per heavy atom. The third-order valence-electron chi connectivity index (χ3n) is 3.41. The molecule has 0 fully saturated rings. The maximum Gasteiger partial charge on any atom is 0.240 e. The molecule has 2 rings (SSSR count). The number of thiophene rings is 1. The molecule has 0 amide bonds. The lowest BCUT2D eigenvalue weighted by Crippen LogP contribution is -2.32. The molecule has 1 aromatic carbocycles. The van der Waals surface area contributed by atoms with Crippen molar-refractivity contribution in [2.24, 2.45) is 5.14 Å². The van der Waals surface area contributed by atoms with E-state index in [0.717, 1.165) is 6.42 Å². The number of hydrogen-bond acceptors (Lipinski definition) is 5. The standard InChI is InChI=1S/C14H19N3O2S2/c1-10(8-12-4-3-7-20-12)17(2)13-6-5-11(15)9-14(13)21(16,18)19/h3-7,9-10H,8,15H2,1-2H3,(H2,16,18,19). The zero-order chi connectivity index (χ0) is 15.6. The van der Waals surface area contributed by atoms with Crippen LogP contribution in [0.5, 0.6) is 0 Å². The second-order valence-corrected chi connectivity index (χ2v) is 7.58. The lowest BCUT2D eigenvalue weighted by atomic mass is 10.1. The summed E-state index contributed by atoms with van der Waals surface area (Å²) in [4.78, 5) is 3.23. The Hall–Kier alpha value is -1.57. The SMILES string of the molecule is CC(Cc1cccs1)N(C)c1ccc(N)cc1S(N)(=O)=O. The Bertz CT molecular complexity index is 712. The number of hydrogen-bond donors (Lipinski definition) is 2. The van der Waals surface area contributed by atoms with Gasteiger partial charge in [0.15, 0.2) is 0 Å². The average molecular weight is 325 g/mol. The predicted molar refractivity (Wildman–Crippen MR) is 88.1 cm³/mol. The van der Waals surface area contributed by atoms with Gasteiger partial charge in [0.05, 0.1) is 5.69 Å². The number of likely N-dealkylation sites (N-methyl/N-ethyl adjacent to an activating group) is 1. The van der Waals surface area contributed by atoms with Crippen molar-refractivity contribution in [2.75, 3.05) is 17.7 Å². The van der Waals surface area contributed by atoms with Gasteiger partial charge < -0.3 is 10.6 Å². The minimum Gasteiger partial charge on any atom is -0.399 e. The van der Waals surface area contributed by atoms with Crippen molar-refractivity contribution in [3.63, 3.8) is 0 Å². The van der Waals surface area contributed by atoms with Crippen molar-refractivity contribution in [3.8, 4) is 0 Å². The highest BCUT2D eigenvalue weighted by Crippen LogP contribution is 2.28.